The highest BCUT2D eigenvalue weighted by Crippen LogP contribution is 2.66. The van der Waals surface area contributed by atoms with Gasteiger partial charge in [-0.3, -0.25) is 4.79 Å². The van der Waals surface area contributed by atoms with Gasteiger partial charge in [0.15, 0.2) is 0 Å². The van der Waals surface area contributed by atoms with E-state index >= 15 is 0 Å². The topological polar surface area (TPSA) is 46.5 Å². The number of aliphatic hydroxyl groups is 1. The maximum Gasteiger partial charge on any atom is 0.302 e. The number of ether oxygens (including phenoxy) is 1. The molecule has 3 saturated carbocycles. The van der Waals surface area contributed by atoms with E-state index in [0.717, 1.165) is 37.0 Å². The molecular weight excluding hydrogens is 324 g/mol. The lowest BCUT2D eigenvalue weighted by molar-refractivity contribution is -0.148. The van der Waals surface area contributed by atoms with Crippen molar-refractivity contribution in [3.05, 3.63) is 11.6 Å². The van der Waals surface area contributed by atoms with Crippen LogP contribution in [0.4, 0.5) is 0 Å². The summed E-state index contributed by atoms with van der Waals surface area (Å²) in [5.41, 5.74) is 2.18. The molecule has 4 aliphatic rings. The minimum Gasteiger partial charge on any atom is -0.462 e. The first-order valence-electron chi connectivity index (χ1n) is 10.8. The van der Waals surface area contributed by atoms with Crippen LogP contribution >= 0.6 is 0 Å². The molecule has 0 bridgehead atoms. The van der Waals surface area contributed by atoms with Gasteiger partial charge in [-0.2, -0.15) is 0 Å². The fourth-order valence-corrected chi connectivity index (χ4v) is 7.80. The normalized spacial score (nSPS) is 48.7. The van der Waals surface area contributed by atoms with E-state index in [4.69, 9.17) is 4.74 Å². The van der Waals surface area contributed by atoms with Crippen LogP contribution in [-0.2, 0) is 9.53 Å². The Morgan fingerprint density at radius 2 is 1.96 bits per heavy atom. The van der Waals surface area contributed by atoms with Crippen molar-refractivity contribution >= 4 is 5.97 Å². The Hall–Kier alpha value is -0.830. The Bertz CT molecular complexity index is 609. The lowest BCUT2D eigenvalue weighted by Gasteiger charge is -2.58. The second-order valence-corrected chi connectivity index (χ2v) is 10.2. The third kappa shape index (κ3) is 2.68. The number of rotatable bonds is 2. The van der Waals surface area contributed by atoms with Gasteiger partial charge in [0, 0.05) is 13.3 Å². The minimum atomic E-state index is -0.175. The second-order valence-electron chi connectivity index (χ2n) is 10.2. The monoisotopic (exact) mass is 360 g/mol. The van der Waals surface area contributed by atoms with Crippen molar-refractivity contribution in [3.63, 3.8) is 0 Å². The number of esters is 1. The van der Waals surface area contributed by atoms with Crippen LogP contribution in [0.2, 0.25) is 0 Å². The molecule has 0 spiro atoms. The van der Waals surface area contributed by atoms with Crippen molar-refractivity contribution in [1.82, 2.24) is 0 Å². The van der Waals surface area contributed by atoms with Crippen molar-refractivity contribution in [3.8, 4) is 0 Å². The predicted molar refractivity (Wildman–Crippen MR) is 102 cm³/mol. The highest BCUT2D eigenvalue weighted by molar-refractivity contribution is 5.66. The largest absolute Gasteiger partial charge is 0.462 e. The van der Waals surface area contributed by atoms with E-state index in [0.29, 0.717) is 16.7 Å². The maximum absolute atomic E-state index is 11.4. The Balaban J connectivity index is 1.58. The van der Waals surface area contributed by atoms with Gasteiger partial charge in [-0.15, -0.1) is 0 Å². The minimum absolute atomic E-state index is 0.0864. The van der Waals surface area contributed by atoms with Gasteiger partial charge in [-0.1, -0.05) is 25.5 Å². The van der Waals surface area contributed by atoms with E-state index in [1.165, 1.54) is 39.0 Å². The Morgan fingerprint density at radius 3 is 2.65 bits per heavy atom. The first-order valence-corrected chi connectivity index (χ1v) is 10.8. The van der Waals surface area contributed by atoms with Crippen LogP contribution in [0.5, 0.6) is 0 Å². The fourth-order valence-electron chi connectivity index (χ4n) is 7.80. The highest BCUT2D eigenvalue weighted by atomic mass is 16.5. The zero-order chi connectivity index (χ0) is 18.7. The molecule has 1 N–H and O–H groups in total. The van der Waals surface area contributed by atoms with Gasteiger partial charge in [0.1, 0.15) is 6.10 Å². The molecule has 3 heteroatoms. The molecule has 4 aliphatic carbocycles. The zero-order valence-corrected chi connectivity index (χ0v) is 17.0. The number of carbonyl (C=O) groups excluding carboxylic acids is 1. The quantitative estimate of drug-likeness (QED) is 0.564. The number of allylic oxidation sites excluding steroid dienone is 1. The van der Waals surface area contributed by atoms with Crippen LogP contribution in [-0.4, -0.2) is 23.3 Å². The van der Waals surface area contributed by atoms with Gasteiger partial charge in [-0.25, -0.2) is 0 Å². The molecule has 0 aliphatic heterocycles. The average molecular weight is 361 g/mol. The van der Waals surface area contributed by atoms with Crippen molar-refractivity contribution in [2.75, 3.05) is 0 Å². The van der Waals surface area contributed by atoms with E-state index in [-0.39, 0.29) is 18.2 Å². The summed E-state index contributed by atoms with van der Waals surface area (Å²) in [6.45, 7) is 8.49. The molecule has 26 heavy (non-hydrogen) atoms. The average Bonchev–Trinajstić information content (AvgIpc) is 2.92. The van der Waals surface area contributed by atoms with E-state index in [9.17, 15) is 9.90 Å². The molecule has 0 aromatic carbocycles. The highest BCUT2D eigenvalue weighted by Gasteiger charge is 2.59. The summed E-state index contributed by atoms with van der Waals surface area (Å²) in [4.78, 5) is 11.4. The summed E-state index contributed by atoms with van der Waals surface area (Å²) in [5.74, 6) is 2.65. The Morgan fingerprint density at radius 1 is 1.19 bits per heavy atom. The maximum atomic E-state index is 11.4. The third-order valence-corrected chi connectivity index (χ3v) is 9.05. The number of carbonyl (C=O) groups is 1. The standard InChI is InChI=1S/C23H36O3/c1-14(24)19-7-8-20-18-6-5-16-13-17(26-15(2)25)9-11-22(16,3)21(18)10-12-23(19,20)4/h5,14,17-21,24H,6-13H2,1-4H3/t14-,17-,18-,19+,20-,21-,22-,23+/m0/s1. The lowest BCUT2D eigenvalue weighted by atomic mass is 9.47. The predicted octanol–water partition coefficient (Wildman–Crippen LogP) is 4.88. The fraction of sp³-hybridized carbons (Fsp3) is 0.870. The third-order valence-electron chi connectivity index (χ3n) is 9.05. The van der Waals surface area contributed by atoms with Crippen molar-refractivity contribution in [2.45, 2.75) is 91.3 Å². The number of aliphatic hydroxyl groups excluding tert-OH is 1. The molecule has 146 valence electrons. The van der Waals surface area contributed by atoms with Gasteiger partial charge in [0.05, 0.1) is 6.10 Å². The molecule has 4 rings (SSSR count). The van der Waals surface area contributed by atoms with Crippen LogP contribution in [0.15, 0.2) is 11.6 Å². The second kappa shape index (κ2) is 6.36. The molecule has 3 nitrogen and oxygen atoms in total. The summed E-state index contributed by atoms with van der Waals surface area (Å²) < 4.78 is 5.54. The first kappa shape index (κ1) is 18.5. The molecule has 0 aromatic rings. The molecule has 0 radical (unpaired) electrons. The molecule has 0 saturated heterocycles. The summed E-state index contributed by atoms with van der Waals surface area (Å²) in [7, 11) is 0. The first-order chi connectivity index (χ1) is 12.3. The Labute approximate surface area is 158 Å². The summed E-state index contributed by atoms with van der Waals surface area (Å²) >= 11 is 0. The molecule has 0 aromatic heterocycles. The summed E-state index contributed by atoms with van der Waals surface area (Å²) in [6.07, 6.45) is 11.8. The van der Waals surface area contributed by atoms with Crippen LogP contribution in [0, 0.1) is 34.5 Å². The lowest BCUT2D eigenvalue weighted by Crippen LogP contribution is -2.51. The van der Waals surface area contributed by atoms with Crippen LogP contribution in [0.25, 0.3) is 0 Å². The molecule has 3 fully saturated rings. The van der Waals surface area contributed by atoms with Crippen molar-refractivity contribution in [1.29, 1.82) is 0 Å². The smallest absolute Gasteiger partial charge is 0.302 e. The number of hydrogen-bond acceptors (Lipinski definition) is 3. The molecule has 8 atom stereocenters. The van der Waals surface area contributed by atoms with Gasteiger partial charge in [-0.05, 0) is 86.4 Å². The molecule has 0 unspecified atom stereocenters. The van der Waals surface area contributed by atoms with Crippen LogP contribution in [0.3, 0.4) is 0 Å². The molecular formula is C23H36O3. The van der Waals surface area contributed by atoms with E-state index in [2.05, 4.69) is 19.9 Å². The van der Waals surface area contributed by atoms with Crippen LogP contribution < -0.4 is 0 Å². The van der Waals surface area contributed by atoms with Crippen LogP contribution in [0.1, 0.15) is 79.1 Å². The number of fused-ring (bicyclic) bond motifs is 5. The van der Waals surface area contributed by atoms with Crippen molar-refractivity contribution < 1.29 is 14.6 Å². The van der Waals surface area contributed by atoms with Gasteiger partial charge >= 0.3 is 5.97 Å². The van der Waals surface area contributed by atoms with Gasteiger partial charge in [0.25, 0.3) is 0 Å². The molecule has 0 amide bonds. The SMILES string of the molecule is CC(=O)O[C@H]1CC[C@@]2(C)C(=CC[C@H]3[C@@H]4CC[C@H]([C@H](C)O)[C@@]4(C)CC[C@@H]32)C1. The van der Waals surface area contributed by atoms with Gasteiger partial charge < -0.3 is 9.84 Å². The zero-order valence-electron chi connectivity index (χ0n) is 17.0. The summed E-state index contributed by atoms with van der Waals surface area (Å²) in [5, 5.41) is 10.3. The van der Waals surface area contributed by atoms with E-state index in [1.54, 1.807) is 5.57 Å². The van der Waals surface area contributed by atoms with Gasteiger partial charge in [0.2, 0.25) is 0 Å². The van der Waals surface area contributed by atoms with Crippen molar-refractivity contribution in [2.24, 2.45) is 34.5 Å². The summed E-state index contributed by atoms with van der Waals surface area (Å²) in [6, 6.07) is 0. The van der Waals surface area contributed by atoms with E-state index in [1.807, 2.05) is 6.92 Å². The van der Waals surface area contributed by atoms with E-state index < -0.39 is 0 Å². The Kier molecular flexibility index (Phi) is 4.53. The number of hydrogen-bond donors (Lipinski definition) is 1. The molecule has 0 heterocycles.